The Hall–Kier alpha value is -1.35. The zero-order valence-electron chi connectivity index (χ0n) is 12.9. The van der Waals surface area contributed by atoms with Crippen LogP contribution in [0.2, 0.25) is 0 Å². The minimum atomic E-state index is -0.0324. The van der Waals surface area contributed by atoms with Gasteiger partial charge < -0.3 is 10.6 Å². The highest BCUT2D eigenvalue weighted by molar-refractivity contribution is 5.81. The molecule has 0 radical (unpaired) electrons. The Morgan fingerprint density at radius 2 is 1.81 bits per heavy atom. The first-order valence-corrected chi connectivity index (χ1v) is 8.39. The molecular formula is C18H26N2O. The Labute approximate surface area is 127 Å². The van der Waals surface area contributed by atoms with Gasteiger partial charge in [0, 0.05) is 6.54 Å². The molecule has 2 fully saturated rings. The van der Waals surface area contributed by atoms with E-state index < -0.39 is 0 Å². The van der Waals surface area contributed by atoms with Gasteiger partial charge in [0.2, 0.25) is 5.91 Å². The summed E-state index contributed by atoms with van der Waals surface area (Å²) in [4.78, 5) is 12.0. The number of benzene rings is 1. The number of rotatable bonds is 4. The van der Waals surface area contributed by atoms with Crippen molar-refractivity contribution in [2.24, 2.45) is 0 Å². The quantitative estimate of drug-likeness (QED) is 0.893. The van der Waals surface area contributed by atoms with Crippen LogP contribution >= 0.6 is 0 Å². The number of hydrogen-bond donors (Lipinski definition) is 2. The summed E-state index contributed by atoms with van der Waals surface area (Å²) in [6.45, 7) is 3.60. The Morgan fingerprint density at radius 1 is 1.14 bits per heavy atom. The van der Waals surface area contributed by atoms with E-state index in [0.29, 0.717) is 12.5 Å². The van der Waals surface area contributed by atoms with Crippen LogP contribution in [0.15, 0.2) is 24.3 Å². The van der Waals surface area contributed by atoms with Gasteiger partial charge in [0.25, 0.3) is 0 Å². The molecule has 0 spiro atoms. The molecule has 2 aliphatic rings. The van der Waals surface area contributed by atoms with Gasteiger partial charge in [0.1, 0.15) is 0 Å². The zero-order chi connectivity index (χ0) is 14.7. The van der Waals surface area contributed by atoms with E-state index >= 15 is 0 Å². The normalized spacial score (nSPS) is 26.1. The average Bonchev–Trinajstić information content (AvgIpc) is 2.47. The number of likely N-dealkylation sites (N-methyl/N-ethyl adjacent to an activating group) is 1. The third-order valence-electron chi connectivity index (χ3n) is 5.06. The molecule has 1 amide bonds. The summed E-state index contributed by atoms with van der Waals surface area (Å²) in [5.41, 5.74) is 2.90. The SMILES string of the molecule is CCNC(=O)C1CC(c2ccc(C3CCC3)cc2)CCN1. The molecule has 1 aliphatic heterocycles. The second kappa shape index (κ2) is 6.61. The summed E-state index contributed by atoms with van der Waals surface area (Å²) in [5.74, 6) is 1.46. The van der Waals surface area contributed by atoms with Crippen molar-refractivity contribution in [3.05, 3.63) is 35.4 Å². The van der Waals surface area contributed by atoms with Gasteiger partial charge in [-0.15, -0.1) is 0 Å². The lowest BCUT2D eigenvalue weighted by Gasteiger charge is -2.30. The molecule has 3 heteroatoms. The van der Waals surface area contributed by atoms with E-state index in [1.165, 1.54) is 30.4 Å². The Kier molecular flexibility index (Phi) is 4.59. The summed E-state index contributed by atoms with van der Waals surface area (Å²) in [6, 6.07) is 9.16. The summed E-state index contributed by atoms with van der Waals surface area (Å²) < 4.78 is 0. The summed E-state index contributed by atoms with van der Waals surface area (Å²) >= 11 is 0. The van der Waals surface area contributed by atoms with Crippen LogP contribution in [-0.2, 0) is 4.79 Å². The summed E-state index contributed by atoms with van der Waals surface area (Å²) in [5, 5.41) is 6.26. The minimum absolute atomic E-state index is 0.0324. The molecule has 0 bridgehead atoms. The Morgan fingerprint density at radius 3 is 2.38 bits per heavy atom. The van der Waals surface area contributed by atoms with E-state index in [1.807, 2.05) is 6.92 Å². The molecule has 1 aliphatic carbocycles. The number of carbonyl (C=O) groups excluding carboxylic acids is 1. The second-order valence-electron chi connectivity index (χ2n) is 6.42. The van der Waals surface area contributed by atoms with Crippen molar-refractivity contribution in [2.45, 2.75) is 56.9 Å². The lowest BCUT2D eigenvalue weighted by Crippen LogP contribution is -2.48. The monoisotopic (exact) mass is 286 g/mol. The van der Waals surface area contributed by atoms with Crippen LogP contribution in [-0.4, -0.2) is 25.0 Å². The predicted molar refractivity (Wildman–Crippen MR) is 85.5 cm³/mol. The van der Waals surface area contributed by atoms with Gasteiger partial charge >= 0.3 is 0 Å². The molecule has 1 saturated carbocycles. The average molecular weight is 286 g/mol. The molecule has 1 heterocycles. The molecule has 2 N–H and O–H groups in total. The number of piperidine rings is 1. The number of nitrogens with one attached hydrogen (secondary N) is 2. The number of carbonyl (C=O) groups is 1. The maximum absolute atomic E-state index is 12.0. The van der Waals surface area contributed by atoms with Crippen molar-refractivity contribution in [2.75, 3.05) is 13.1 Å². The first-order valence-electron chi connectivity index (χ1n) is 8.39. The fraction of sp³-hybridized carbons (Fsp3) is 0.611. The van der Waals surface area contributed by atoms with E-state index in [0.717, 1.165) is 25.3 Å². The molecule has 21 heavy (non-hydrogen) atoms. The second-order valence-corrected chi connectivity index (χ2v) is 6.42. The third-order valence-corrected chi connectivity index (χ3v) is 5.06. The van der Waals surface area contributed by atoms with Crippen LogP contribution in [0.3, 0.4) is 0 Å². The van der Waals surface area contributed by atoms with Gasteiger partial charge in [-0.25, -0.2) is 0 Å². The van der Waals surface area contributed by atoms with E-state index in [2.05, 4.69) is 34.9 Å². The standard InChI is InChI=1S/C18H26N2O/c1-2-19-18(21)17-12-16(10-11-20-17)15-8-6-14(7-9-15)13-4-3-5-13/h6-9,13,16-17,20H,2-5,10-12H2,1H3,(H,19,21). The van der Waals surface area contributed by atoms with Crippen molar-refractivity contribution >= 4 is 5.91 Å². The van der Waals surface area contributed by atoms with Crippen LogP contribution in [0.1, 0.15) is 62.0 Å². The maximum atomic E-state index is 12.0. The zero-order valence-corrected chi connectivity index (χ0v) is 12.9. The van der Waals surface area contributed by atoms with E-state index in [4.69, 9.17) is 0 Å². The van der Waals surface area contributed by atoms with E-state index in [-0.39, 0.29) is 11.9 Å². The van der Waals surface area contributed by atoms with Crippen LogP contribution in [0.4, 0.5) is 0 Å². The molecule has 114 valence electrons. The van der Waals surface area contributed by atoms with E-state index in [9.17, 15) is 4.79 Å². The lowest BCUT2D eigenvalue weighted by atomic mass is 9.79. The van der Waals surface area contributed by atoms with Gasteiger partial charge in [0.15, 0.2) is 0 Å². The van der Waals surface area contributed by atoms with Crippen molar-refractivity contribution in [3.63, 3.8) is 0 Å². The Bertz CT molecular complexity index is 478. The van der Waals surface area contributed by atoms with Crippen LogP contribution in [0.5, 0.6) is 0 Å². The van der Waals surface area contributed by atoms with Crippen molar-refractivity contribution in [3.8, 4) is 0 Å². The van der Waals surface area contributed by atoms with Crippen LogP contribution in [0, 0.1) is 0 Å². The molecule has 0 aromatic heterocycles. The van der Waals surface area contributed by atoms with Crippen molar-refractivity contribution < 1.29 is 4.79 Å². The highest BCUT2D eigenvalue weighted by Crippen LogP contribution is 2.37. The minimum Gasteiger partial charge on any atom is -0.355 e. The molecule has 1 aromatic carbocycles. The summed E-state index contributed by atoms with van der Waals surface area (Å²) in [6.07, 6.45) is 6.13. The number of hydrogen-bond acceptors (Lipinski definition) is 2. The first kappa shape index (κ1) is 14.6. The van der Waals surface area contributed by atoms with E-state index in [1.54, 1.807) is 0 Å². The van der Waals surface area contributed by atoms with Gasteiger partial charge in [-0.1, -0.05) is 30.7 Å². The topological polar surface area (TPSA) is 41.1 Å². The molecule has 2 atom stereocenters. The smallest absolute Gasteiger partial charge is 0.237 e. The van der Waals surface area contributed by atoms with Crippen molar-refractivity contribution in [1.82, 2.24) is 10.6 Å². The fourth-order valence-corrected chi connectivity index (χ4v) is 3.50. The van der Waals surface area contributed by atoms with Gasteiger partial charge in [-0.05, 0) is 62.1 Å². The predicted octanol–water partition coefficient (Wildman–Crippen LogP) is 2.93. The lowest BCUT2D eigenvalue weighted by molar-refractivity contribution is -0.123. The maximum Gasteiger partial charge on any atom is 0.237 e. The van der Waals surface area contributed by atoms with Crippen LogP contribution in [0.25, 0.3) is 0 Å². The van der Waals surface area contributed by atoms with Gasteiger partial charge in [-0.3, -0.25) is 4.79 Å². The molecule has 1 saturated heterocycles. The first-order chi connectivity index (χ1) is 10.3. The molecule has 3 rings (SSSR count). The highest BCUT2D eigenvalue weighted by atomic mass is 16.2. The van der Waals surface area contributed by atoms with Gasteiger partial charge in [-0.2, -0.15) is 0 Å². The van der Waals surface area contributed by atoms with Gasteiger partial charge in [0.05, 0.1) is 6.04 Å². The summed E-state index contributed by atoms with van der Waals surface area (Å²) in [7, 11) is 0. The molecular weight excluding hydrogens is 260 g/mol. The largest absolute Gasteiger partial charge is 0.355 e. The van der Waals surface area contributed by atoms with Crippen LogP contribution < -0.4 is 10.6 Å². The van der Waals surface area contributed by atoms with Crippen molar-refractivity contribution in [1.29, 1.82) is 0 Å². The number of amides is 1. The molecule has 2 unspecified atom stereocenters. The highest BCUT2D eigenvalue weighted by Gasteiger charge is 2.27. The fourth-order valence-electron chi connectivity index (χ4n) is 3.50. The molecule has 3 nitrogen and oxygen atoms in total. The molecule has 1 aromatic rings. The third kappa shape index (κ3) is 3.29. The Balaban J connectivity index is 1.63.